The molecule has 82 valence electrons. The lowest BCUT2D eigenvalue weighted by Crippen LogP contribution is -2.28. The van der Waals surface area contributed by atoms with Gasteiger partial charge in [0.25, 0.3) is 0 Å². The second-order valence-corrected chi connectivity index (χ2v) is 4.31. The first-order valence-electron chi connectivity index (χ1n) is 5.45. The van der Waals surface area contributed by atoms with E-state index in [2.05, 4.69) is 11.8 Å². The second-order valence-electron chi connectivity index (χ2n) is 4.31. The van der Waals surface area contributed by atoms with Gasteiger partial charge >= 0.3 is 0 Å². The van der Waals surface area contributed by atoms with Crippen molar-refractivity contribution in [2.24, 2.45) is 5.73 Å². The predicted octanol–water partition coefficient (Wildman–Crippen LogP) is 1.49. The van der Waals surface area contributed by atoms with Crippen molar-refractivity contribution in [1.29, 1.82) is 0 Å². The molecule has 0 amide bonds. The third kappa shape index (κ3) is 2.30. The first kappa shape index (κ1) is 10.5. The number of benzene rings is 1. The summed E-state index contributed by atoms with van der Waals surface area (Å²) < 4.78 is 0. The lowest BCUT2D eigenvalue weighted by molar-refractivity contribution is 0.260. The minimum atomic E-state index is 0.323. The van der Waals surface area contributed by atoms with Gasteiger partial charge < -0.3 is 10.8 Å². The number of phenolic OH excluding ortho intramolecular Hbond substituents is 1. The van der Waals surface area contributed by atoms with Crippen LogP contribution in [0.4, 0.5) is 0 Å². The molecule has 0 spiro atoms. The van der Waals surface area contributed by atoms with Crippen molar-refractivity contribution < 1.29 is 5.11 Å². The van der Waals surface area contributed by atoms with Gasteiger partial charge in [0.1, 0.15) is 5.75 Å². The molecule has 1 aromatic carbocycles. The molecule has 0 aromatic heterocycles. The number of likely N-dealkylation sites (tertiary alicyclic amines) is 1. The summed E-state index contributed by atoms with van der Waals surface area (Å²) in [6, 6.07) is 8.14. The van der Waals surface area contributed by atoms with Gasteiger partial charge in [0.05, 0.1) is 0 Å². The lowest BCUT2D eigenvalue weighted by Gasteiger charge is -2.24. The van der Waals surface area contributed by atoms with Gasteiger partial charge in [-0.2, -0.15) is 0 Å². The highest BCUT2D eigenvalue weighted by molar-refractivity contribution is 5.27. The van der Waals surface area contributed by atoms with Crippen molar-refractivity contribution in [3.63, 3.8) is 0 Å². The molecule has 2 atom stereocenters. The van der Waals surface area contributed by atoms with Crippen LogP contribution < -0.4 is 5.73 Å². The zero-order valence-electron chi connectivity index (χ0n) is 9.06. The Bertz CT molecular complexity index is 323. The van der Waals surface area contributed by atoms with Crippen molar-refractivity contribution in [2.75, 3.05) is 13.1 Å². The standard InChI is InChI=1S/C12H18N2O/c1-9(14-7-6-11(13)8-14)10-2-4-12(15)5-3-10/h2-5,9,11,15H,6-8,13H2,1H3. The van der Waals surface area contributed by atoms with Crippen molar-refractivity contribution in [2.45, 2.75) is 25.4 Å². The first-order chi connectivity index (χ1) is 7.16. The van der Waals surface area contributed by atoms with E-state index < -0.39 is 0 Å². The molecule has 1 saturated heterocycles. The Morgan fingerprint density at radius 2 is 2.07 bits per heavy atom. The fraction of sp³-hybridized carbons (Fsp3) is 0.500. The number of nitrogens with zero attached hydrogens (tertiary/aromatic N) is 1. The van der Waals surface area contributed by atoms with E-state index >= 15 is 0 Å². The van der Waals surface area contributed by atoms with Gasteiger partial charge in [-0.05, 0) is 31.0 Å². The van der Waals surface area contributed by atoms with E-state index in [9.17, 15) is 5.11 Å². The second kappa shape index (κ2) is 4.21. The third-order valence-electron chi connectivity index (χ3n) is 3.18. The number of nitrogens with two attached hydrogens (primary N) is 1. The van der Waals surface area contributed by atoms with E-state index in [1.54, 1.807) is 12.1 Å². The van der Waals surface area contributed by atoms with Gasteiger partial charge in [-0.25, -0.2) is 0 Å². The first-order valence-corrected chi connectivity index (χ1v) is 5.45. The average molecular weight is 206 g/mol. The van der Waals surface area contributed by atoms with Crippen LogP contribution in [0.2, 0.25) is 0 Å². The van der Waals surface area contributed by atoms with Crippen LogP contribution in [0.25, 0.3) is 0 Å². The molecule has 3 heteroatoms. The molecule has 0 bridgehead atoms. The van der Waals surface area contributed by atoms with Crippen LogP contribution in [0.3, 0.4) is 0 Å². The molecule has 1 aliphatic rings. The van der Waals surface area contributed by atoms with Gasteiger partial charge in [-0.3, -0.25) is 4.90 Å². The SMILES string of the molecule is CC(c1ccc(O)cc1)N1CCC(N)C1. The fourth-order valence-corrected chi connectivity index (χ4v) is 2.13. The third-order valence-corrected chi connectivity index (χ3v) is 3.18. The number of hydrogen-bond donors (Lipinski definition) is 2. The largest absolute Gasteiger partial charge is 0.508 e. The maximum atomic E-state index is 9.21. The number of phenols is 1. The normalized spacial score (nSPS) is 24.3. The maximum Gasteiger partial charge on any atom is 0.115 e. The molecule has 1 aromatic rings. The Labute approximate surface area is 90.5 Å². The highest BCUT2D eigenvalue weighted by Crippen LogP contribution is 2.25. The summed E-state index contributed by atoms with van der Waals surface area (Å²) in [5.74, 6) is 0.323. The van der Waals surface area contributed by atoms with E-state index in [0.29, 0.717) is 17.8 Å². The maximum absolute atomic E-state index is 9.21. The van der Waals surface area contributed by atoms with Crippen LogP contribution in [0, 0.1) is 0 Å². The molecule has 1 fully saturated rings. The van der Waals surface area contributed by atoms with Crippen LogP contribution in [0.1, 0.15) is 24.9 Å². The molecule has 2 rings (SSSR count). The lowest BCUT2D eigenvalue weighted by atomic mass is 10.1. The molecule has 1 aliphatic heterocycles. The highest BCUT2D eigenvalue weighted by atomic mass is 16.3. The van der Waals surface area contributed by atoms with Crippen molar-refractivity contribution in [3.8, 4) is 5.75 Å². The van der Waals surface area contributed by atoms with Gasteiger partial charge in [0.2, 0.25) is 0 Å². The van der Waals surface area contributed by atoms with Crippen molar-refractivity contribution in [3.05, 3.63) is 29.8 Å². The quantitative estimate of drug-likeness (QED) is 0.770. The van der Waals surface area contributed by atoms with Gasteiger partial charge in [-0.1, -0.05) is 12.1 Å². The van der Waals surface area contributed by atoms with E-state index in [0.717, 1.165) is 19.5 Å². The number of hydrogen-bond acceptors (Lipinski definition) is 3. The Morgan fingerprint density at radius 3 is 2.60 bits per heavy atom. The molecule has 0 aliphatic carbocycles. The summed E-state index contributed by atoms with van der Waals surface area (Å²) in [5.41, 5.74) is 7.12. The molecule has 0 saturated carbocycles. The molecule has 0 radical (unpaired) electrons. The van der Waals surface area contributed by atoms with E-state index in [1.807, 2.05) is 12.1 Å². The highest BCUT2D eigenvalue weighted by Gasteiger charge is 2.24. The summed E-state index contributed by atoms with van der Waals surface area (Å²) in [6.45, 7) is 4.23. The van der Waals surface area contributed by atoms with E-state index in [4.69, 9.17) is 5.73 Å². The minimum absolute atomic E-state index is 0.323. The number of aromatic hydroxyl groups is 1. The summed E-state index contributed by atoms with van der Waals surface area (Å²) >= 11 is 0. The van der Waals surface area contributed by atoms with Crippen LogP contribution in [-0.2, 0) is 0 Å². The van der Waals surface area contributed by atoms with Crippen LogP contribution in [0.5, 0.6) is 5.75 Å². The molecular weight excluding hydrogens is 188 g/mol. The fourth-order valence-electron chi connectivity index (χ4n) is 2.13. The summed E-state index contributed by atoms with van der Waals surface area (Å²) in [5, 5.41) is 9.21. The summed E-state index contributed by atoms with van der Waals surface area (Å²) in [6.07, 6.45) is 1.09. The zero-order valence-corrected chi connectivity index (χ0v) is 9.06. The summed E-state index contributed by atoms with van der Waals surface area (Å²) in [4.78, 5) is 2.39. The van der Waals surface area contributed by atoms with E-state index in [1.165, 1.54) is 5.56 Å². The average Bonchev–Trinajstić information content (AvgIpc) is 2.65. The summed E-state index contributed by atoms with van der Waals surface area (Å²) in [7, 11) is 0. The van der Waals surface area contributed by atoms with Crippen LogP contribution in [-0.4, -0.2) is 29.1 Å². The van der Waals surface area contributed by atoms with Gasteiger partial charge in [0.15, 0.2) is 0 Å². The Morgan fingerprint density at radius 1 is 1.40 bits per heavy atom. The molecular formula is C12H18N2O. The Kier molecular flexibility index (Phi) is 2.93. The van der Waals surface area contributed by atoms with Crippen molar-refractivity contribution >= 4 is 0 Å². The molecule has 3 nitrogen and oxygen atoms in total. The smallest absolute Gasteiger partial charge is 0.115 e. The van der Waals surface area contributed by atoms with Crippen molar-refractivity contribution in [1.82, 2.24) is 4.90 Å². The Balaban J connectivity index is 2.07. The minimum Gasteiger partial charge on any atom is -0.508 e. The molecule has 2 unspecified atom stereocenters. The molecule has 15 heavy (non-hydrogen) atoms. The van der Waals surface area contributed by atoms with Crippen LogP contribution >= 0.6 is 0 Å². The molecule has 3 N–H and O–H groups in total. The zero-order chi connectivity index (χ0) is 10.8. The van der Waals surface area contributed by atoms with Gasteiger partial charge in [-0.15, -0.1) is 0 Å². The Hall–Kier alpha value is -1.06. The number of rotatable bonds is 2. The van der Waals surface area contributed by atoms with E-state index in [-0.39, 0.29) is 0 Å². The van der Waals surface area contributed by atoms with Gasteiger partial charge in [0, 0.05) is 25.2 Å². The predicted molar refractivity (Wildman–Crippen MR) is 60.7 cm³/mol. The monoisotopic (exact) mass is 206 g/mol. The van der Waals surface area contributed by atoms with Crippen LogP contribution in [0.15, 0.2) is 24.3 Å². The molecule has 1 heterocycles. The topological polar surface area (TPSA) is 49.5 Å².